The molecule has 6 heteroatoms. The van der Waals surface area contributed by atoms with Gasteiger partial charge in [0.15, 0.2) is 11.6 Å². The topological polar surface area (TPSA) is 49.4 Å². The smallest absolute Gasteiger partial charge is 0.242 e. The van der Waals surface area contributed by atoms with Crippen LogP contribution in [0.2, 0.25) is 0 Å². The van der Waals surface area contributed by atoms with E-state index in [9.17, 15) is 18.4 Å². The second-order valence-corrected chi connectivity index (χ2v) is 4.69. The van der Waals surface area contributed by atoms with Gasteiger partial charge in [-0.15, -0.1) is 0 Å². The van der Waals surface area contributed by atoms with E-state index in [1.165, 1.54) is 17.0 Å². The van der Waals surface area contributed by atoms with E-state index in [1.807, 2.05) is 0 Å². The number of nitrogens with one attached hydrogen (secondary N) is 1. The van der Waals surface area contributed by atoms with Crippen LogP contribution < -0.4 is 5.32 Å². The minimum absolute atomic E-state index is 0.0100. The monoisotopic (exact) mass is 282 g/mol. The van der Waals surface area contributed by atoms with Crippen molar-refractivity contribution in [2.45, 2.75) is 25.8 Å². The normalized spacial score (nSPS) is 18.9. The molecule has 4 nitrogen and oxygen atoms in total. The molecule has 0 saturated carbocycles. The van der Waals surface area contributed by atoms with Crippen molar-refractivity contribution >= 4 is 11.8 Å². The quantitative estimate of drug-likeness (QED) is 0.907. The average Bonchev–Trinajstić information content (AvgIpc) is 2.43. The summed E-state index contributed by atoms with van der Waals surface area (Å²) in [6.45, 7) is 2.57. The third-order valence-corrected chi connectivity index (χ3v) is 3.41. The molecule has 1 heterocycles. The zero-order valence-electron chi connectivity index (χ0n) is 11.2. The highest BCUT2D eigenvalue weighted by molar-refractivity contribution is 5.89. The van der Waals surface area contributed by atoms with Crippen LogP contribution in [0.4, 0.5) is 8.78 Å². The Morgan fingerprint density at radius 3 is 2.90 bits per heavy atom. The zero-order valence-corrected chi connectivity index (χ0v) is 11.2. The molecular formula is C14H16F2N2O2. The van der Waals surface area contributed by atoms with Crippen molar-refractivity contribution in [3.05, 3.63) is 35.4 Å². The van der Waals surface area contributed by atoms with Crippen molar-refractivity contribution in [2.24, 2.45) is 0 Å². The Morgan fingerprint density at radius 1 is 1.45 bits per heavy atom. The number of hydrogen-bond acceptors (Lipinski definition) is 2. The van der Waals surface area contributed by atoms with Gasteiger partial charge in [-0.3, -0.25) is 9.59 Å². The molecule has 1 saturated heterocycles. The summed E-state index contributed by atoms with van der Waals surface area (Å²) >= 11 is 0. The summed E-state index contributed by atoms with van der Waals surface area (Å²) in [5.74, 6) is -2.54. The molecule has 108 valence electrons. The summed E-state index contributed by atoms with van der Waals surface area (Å²) in [6.07, 6.45) is 0.247. The summed E-state index contributed by atoms with van der Waals surface area (Å²) < 4.78 is 26.7. The number of rotatable bonds is 3. The lowest BCUT2D eigenvalue weighted by Crippen LogP contribution is -2.57. The molecule has 0 spiro atoms. The van der Waals surface area contributed by atoms with Gasteiger partial charge in [-0.25, -0.2) is 8.78 Å². The van der Waals surface area contributed by atoms with Gasteiger partial charge in [0.2, 0.25) is 11.8 Å². The highest BCUT2D eigenvalue weighted by Crippen LogP contribution is 2.15. The van der Waals surface area contributed by atoms with Crippen LogP contribution in [0.25, 0.3) is 0 Å². The second kappa shape index (κ2) is 5.98. The van der Waals surface area contributed by atoms with E-state index in [-0.39, 0.29) is 23.8 Å². The Kier molecular flexibility index (Phi) is 4.32. The van der Waals surface area contributed by atoms with E-state index in [1.54, 1.807) is 6.92 Å². The first-order valence-corrected chi connectivity index (χ1v) is 6.54. The van der Waals surface area contributed by atoms with Gasteiger partial charge in [0, 0.05) is 18.7 Å². The Balaban J connectivity index is 2.15. The molecular weight excluding hydrogens is 266 g/mol. The van der Waals surface area contributed by atoms with Gasteiger partial charge in [-0.1, -0.05) is 19.1 Å². The fourth-order valence-corrected chi connectivity index (χ4v) is 2.37. The van der Waals surface area contributed by atoms with Crippen LogP contribution in [0.1, 0.15) is 18.9 Å². The predicted molar refractivity (Wildman–Crippen MR) is 68.9 cm³/mol. The molecule has 2 rings (SSSR count). The second-order valence-electron chi connectivity index (χ2n) is 4.69. The van der Waals surface area contributed by atoms with Crippen molar-refractivity contribution < 1.29 is 18.4 Å². The molecule has 1 unspecified atom stereocenters. The lowest BCUT2D eigenvalue weighted by Gasteiger charge is -2.34. The van der Waals surface area contributed by atoms with E-state index in [0.717, 1.165) is 6.07 Å². The number of piperazine rings is 1. The van der Waals surface area contributed by atoms with Gasteiger partial charge in [0.05, 0.1) is 6.42 Å². The highest BCUT2D eigenvalue weighted by atomic mass is 19.2. The third kappa shape index (κ3) is 2.79. The summed E-state index contributed by atoms with van der Waals surface area (Å²) in [4.78, 5) is 25.3. The lowest BCUT2D eigenvalue weighted by atomic mass is 10.1. The van der Waals surface area contributed by atoms with Gasteiger partial charge in [0.1, 0.15) is 6.04 Å². The van der Waals surface area contributed by atoms with Crippen LogP contribution in [0.3, 0.4) is 0 Å². The van der Waals surface area contributed by atoms with Crippen LogP contribution in [0, 0.1) is 11.6 Å². The Morgan fingerprint density at radius 2 is 2.20 bits per heavy atom. The maximum atomic E-state index is 13.6. The highest BCUT2D eigenvalue weighted by Gasteiger charge is 2.31. The molecule has 0 aromatic heterocycles. The van der Waals surface area contributed by atoms with E-state index in [0.29, 0.717) is 19.5 Å². The maximum Gasteiger partial charge on any atom is 0.242 e. The Labute approximate surface area is 115 Å². The largest absolute Gasteiger partial charge is 0.353 e. The molecule has 1 aromatic carbocycles. The van der Waals surface area contributed by atoms with Crippen LogP contribution in [0.5, 0.6) is 0 Å². The molecule has 1 aromatic rings. The van der Waals surface area contributed by atoms with E-state index >= 15 is 0 Å². The Hall–Kier alpha value is -1.98. The summed E-state index contributed by atoms with van der Waals surface area (Å²) in [7, 11) is 0. The average molecular weight is 282 g/mol. The van der Waals surface area contributed by atoms with E-state index in [2.05, 4.69) is 5.32 Å². The van der Waals surface area contributed by atoms with Gasteiger partial charge in [0.25, 0.3) is 0 Å². The van der Waals surface area contributed by atoms with Crippen LogP contribution >= 0.6 is 0 Å². The number of benzene rings is 1. The van der Waals surface area contributed by atoms with Gasteiger partial charge >= 0.3 is 0 Å². The molecule has 0 bridgehead atoms. The van der Waals surface area contributed by atoms with E-state index in [4.69, 9.17) is 0 Å². The fraction of sp³-hybridized carbons (Fsp3) is 0.429. The SMILES string of the molecule is CCC1C(=O)NCCN1C(=O)Cc1cccc(F)c1F. The van der Waals surface area contributed by atoms with Gasteiger partial charge in [-0.2, -0.15) is 0 Å². The molecule has 1 atom stereocenters. The Bertz CT molecular complexity index is 534. The van der Waals surface area contributed by atoms with Crippen LogP contribution in [-0.2, 0) is 16.0 Å². The van der Waals surface area contributed by atoms with Crippen molar-refractivity contribution in [2.75, 3.05) is 13.1 Å². The predicted octanol–water partition coefficient (Wildman–Crippen LogP) is 1.24. The standard InChI is InChI=1S/C14H16F2N2O2/c1-2-11-14(20)17-6-7-18(11)12(19)8-9-4-3-5-10(15)13(9)16/h3-5,11H,2,6-8H2,1H3,(H,17,20). The van der Waals surface area contributed by atoms with Crippen molar-refractivity contribution in [1.29, 1.82) is 0 Å². The van der Waals surface area contributed by atoms with Crippen molar-refractivity contribution in [1.82, 2.24) is 10.2 Å². The molecule has 0 aliphatic carbocycles. The molecule has 1 N–H and O–H groups in total. The summed E-state index contributed by atoms with van der Waals surface area (Å²) in [6, 6.07) is 3.21. The van der Waals surface area contributed by atoms with Gasteiger partial charge in [-0.05, 0) is 12.5 Å². The molecule has 0 radical (unpaired) electrons. The zero-order chi connectivity index (χ0) is 14.7. The summed E-state index contributed by atoms with van der Waals surface area (Å²) in [5.41, 5.74) is 0.0100. The van der Waals surface area contributed by atoms with Crippen LogP contribution in [-0.4, -0.2) is 35.8 Å². The molecule has 2 amide bonds. The number of hydrogen-bond donors (Lipinski definition) is 1. The number of halogens is 2. The lowest BCUT2D eigenvalue weighted by molar-refractivity contribution is -0.142. The fourth-order valence-electron chi connectivity index (χ4n) is 2.37. The van der Waals surface area contributed by atoms with Crippen molar-refractivity contribution in [3.63, 3.8) is 0 Å². The third-order valence-electron chi connectivity index (χ3n) is 3.41. The van der Waals surface area contributed by atoms with Crippen molar-refractivity contribution in [3.8, 4) is 0 Å². The molecule has 1 aliphatic heterocycles. The van der Waals surface area contributed by atoms with E-state index < -0.39 is 17.7 Å². The summed E-state index contributed by atoms with van der Waals surface area (Å²) in [5, 5.41) is 2.69. The van der Waals surface area contributed by atoms with Crippen LogP contribution in [0.15, 0.2) is 18.2 Å². The molecule has 20 heavy (non-hydrogen) atoms. The molecule has 1 aliphatic rings. The first-order valence-electron chi connectivity index (χ1n) is 6.54. The number of carbonyl (C=O) groups is 2. The number of amides is 2. The minimum atomic E-state index is -1.00. The number of nitrogens with zero attached hydrogens (tertiary/aromatic N) is 1. The first-order chi connectivity index (χ1) is 9.54. The first kappa shape index (κ1) is 14.4. The van der Waals surface area contributed by atoms with Gasteiger partial charge < -0.3 is 10.2 Å². The molecule has 1 fully saturated rings. The minimum Gasteiger partial charge on any atom is -0.353 e. The maximum absolute atomic E-state index is 13.6. The number of carbonyl (C=O) groups excluding carboxylic acids is 2.